The van der Waals surface area contributed by atoms with Crippen LogP contribution in [0.2, 0.25) is 5.02 Å². The second-order valence-electron chi connectivity index (χ2n) is 5.46. The monoisotopic (exact) mass is 438 g/mol. The van der Waals surface area contributed by atoms with Gasteiger partial charge < -0.3 is 10.5 Å². The summed E-state index contributed by atoms with van der Waals surface area (Å²) in [5.74, 6) is -2.01. The SMILES string of the molecule is CS(=O)(=O)c1cc(Oc2ccc(C(F)(F)F)cc2Cl)cc(C(N)=O)c1[N+](=O)[O-]. The molecule has 0 aliphatic heterocycles. The minimum absolute atomic E-state index is 0.307. The molecule has 0 aliphatic rings. The van der Waals surface area contributed by atoms with Crippen molar-refractivity contribution in [2.75, 3.05) is 6.26 Å². The normalized spacial score (nSPS) is 11.9. The van der Waals surface area contributed by atoms with Gasteiger partial charge in [0.25, 0.3) is 5.91 Å². The van der Waals surface area contributed by atoms with Gasteiger partial charge in [-0.25, -0.2) is 8.42 Å². The molecular weight excluding hydrogens is 429 g/mol. The van der Waals surface area contributed by atoms with E-state index in [1.807, 2.05) is 0 Å². The third-order valence-electron chi connectivity index (χ3n) is 3.38. The highest BCUT2D eigenvalue weighted by molar-refractivity contribution is 7.90. The number of ether oxygens (including phenoxy) is 1. The number of hydrogen-bond donors (Lipinski definition) is 1. The Bertz CT molecular complexity index is 1090. The van der Waals surface area contributed by atoms with Crippen LogP contribution in [0.4, 0.5) is 18.9 Å². The van der Waals surface area contributed by atoms with Crippen LogP contribution < -0.4 is 10.5 Å². The number of nitrogens with zero attached hydrogens (tertiary/aromatic N) is 1. The summed E-state index contributed by atoms with van der Waals surface area (Å²) < 4.78 is 67.1. The van der Waals surface area contributed by atoms with Gasteiger partial charge in [-0.1, -0.05) is 11.6 Å². The van der Waals surface area contributed by atoms with E-state index in [1.54, 1.807) is 0 Å². The van der Waals surface area contributed by atoms with E-state index in [-0.39, 0.29) is 5.75 Å². The minimum Gasteiger partial charge on any atom is -0.456 e. The zero-order valence-corrected chi connectivity index (χ0v) is 15.4. The van der Waals surface area contributed by atoms with Crippen molar-refractivity contribution in [3.8, 4) is 11.5 Å². The van der Waals surface area contributed by atoms with E-state index >= 15 is 0 Å². The number of nitro benzene ring substituents is 1. The van der Waals surface area contributed by atoms with E-state index in [0.717, 1.165) is 18.2 Å². The summed E-state index contributed by atoms with van der Waals surface area (Å²) in [5.41, 5.74) is 2.23. The lowest BCUT2D eigenvalue weighted by molar-refractivity contribution is -0.388. The maximum Gasteiger partial charge on any atom is 0.416 e. The molecule has 0 saturated carbocycles. The third-order valence-corrected chi connectivity index (χ3v) is 4.79. The molecule has 1 amide bonds. The van der Waals surface area contributed by atoms with Gasteiger partial charge in [-0.15, -0.1) is 0 Å². The van der Waals surface area contributed by atoms with Crippen LogP contribution in [0.5, 0.6) is 11.5 Å². The fraction of sp³-hybridized carbons (Fsp3) is 0.133. The van der Waals surface area contributed by atoms with Crippen LogP contribution >= 0.6 is 11.6 Å². The van der Waals surface area contributed by atoms with E-state index in [2.05, 4.69) is 0 Å². The number of carbonyl (C=O) groups excluding carboxylic acids is 1. The van der Waals surface area contributed by atoms with Gasteiger partial charge in [-0.05, 0) is 18.2 Å². The molecule has 0 radical (unpaired) electrons. The Morgan fingerprint density at radius 2 is 1.86 bits per heavy atom. The highest BCUT2D eigenvalue weighted by Crippen LogP contribution is 2.38. The number of hydrogen-bond acceptors (Lipinski definition) is 6. The first-order valence-corrected chi connectivity index (χ1v) is 9.35. The van der Waals surface area contributed by atoms with Crippen LogP contribution in [0, 0.1) is 10.1 Å². The number of rotatable bonds is 5. The molecule has 2 rings (SSSR count). The summed E-state index contributed by atoms with van der Waals surface area (Å²) in [6, 6.07) is 3.65. The molecule has 0 saturated heterocycles. The zero-order valence-electron chi connectivity index (χ0n) is 13.8. The molecule has 0 aromatic heterocycles. The van der Waals surface area contributed by atoms with Crippen molar-refractivity contribution in [1.82, 2.24) is 0 Å². The molecule has 0 heterocycles. The molecule has 28 heavy (non-hydrogen) atoms. The van der Waals surface area contributed by atoms with E-state index in [1.165, 1.54) is 0 Å². The van der Waals surface area contributed by atoms with Gasteiger partial charge in [-0.2, -0.15) is 13.2 Å². The highest BCUT2D eigenvalue weighted by Gasteiger charge is 2.32. The molecule has 0 spiro atoms. The van der Waals surface area contributed by atoms with Crippen molar-refractivity contribution in [1.29, 1.82) is 0 Å². The number of halogens is 4. The van der Waals surface area contributed by atoms with Crippen LogP contribution in [0.25, 0.3) is 0 Å². The van der Waals surface area contributed by atoms with Crippen LogP contribution in [-0.4, -0.2) is 25.5 Å². The van der Waals surface area contributed by atoms with E-state index in [4.69, 9.17) is 22.1 Å². The largest absolute Gasteiger partial charge is 0.456 e. The van der Waals surface area contributed by atoms with Crippen LogP contribution in [0.15, 0.2) is 35.2 Å². The number of nitro groups is 1. The Kier molecular flexibility index (Phi) is 5.57. The van der Waals surface area contributed by atoms with E-state index in [9.17, 15) is 36.5 Å². The van der Waals surface area contributed by atoms with Crippen molar-refractivity contribution < 1.29 is 36.0 Å². The van der Waals surface area contributed by atoms with Crippen LogP contribution in [-0.2, 0) is 16.0 Å². The predicted octanol–water partition coefficient (Wildman–Crippen LogP) is 3.56. The lowest BCUT2D eigenvalue weighted by Gasteiger charge is -2.13. The lowest BCUT2D eigenvalue weighted by Crippen LogP contribution is -2.16. The van der Waals surface area contributed by atoms with Crippen molar-refractivity contribution >= 4 is 33.0 Å². The fourth-order valence-electron chi connectivity index (χ4n) is 2.19. The average molecular weight is 439 g/mol. The maximum atomic E-state index is 12.7. The maximum absolute atomic E-state index is 12.7. The fourth-order valence-corrected chi connectivity index (χ4v) is 3.27. The summed E-state index contributed by atoms with van der Waals surface area (Å²) in [6.07, 6.45) is -3.99. The molecular formula is C15H10ClF3N2O6S. The van der Waals surface area contributed by atoms with Crippen molar-refractivity contribution in [3.05, 3.63) is 56.6 Å². The van der Waals surface area contributed by atoms with Crippen LogP contribution in [0.1, 0.15) is 15.9 Å². The molecule has 2 N–H and O–H groups in total. The minimum atomic E-state index is -4.65. The number of nitrogens with two attached hydrogens (primary N) is 1. The van der Waals surface area contributed by atoms with Gasteiger partial charge in [0.15, 0.2) is 9.84 Å². The van der Waals surface area contributed by atoms with Crippen molar-refractivity contribution in [3.63, 3.8) is 0 Å². The van der Waals surface area contributed by atoms with Gasteiger partial charge >= 0.3 is 11.9 Å². The Morgan fingerprint density at radius 3 is 2.29 bits per heavy atom. The summed E-state index contributed by atoms with van der Waals surface area (Å²) in [6.45, 7) is 0. The second-order valence-corrected chi connectivity index (χ2v) is 7.85. The first-order valence-electron chi connectivity index (χ1n) is 7.08. The number of primary amides is 1. The van der Waals surface area contributed by atoms with E-state index < -0.39 is 59.3 Å². The second kappa shape index (κ2) is 7.28. The highest BCUT2D eigenvalue weighted by atomic mass is 35.5. The van der Waals surface area contributed by atoms with Crippen LogP contribution in [0.3, 0.4) is 0 Å². The molecule has 150 valence electrons. The van der Waals surface area contributed by atoms with Crippen molar-refractivity contribution in [2.24, 2.45) is 5.73 Å². The molecule has 2 aromatic carbocycles. The molecule has 0 unspecified atom stereocenters. The van der Waals surface area contributed by atoms with E-state index in [0.29, 0.717) is 18.4 Å². The van der Waals surface area contributed by atoms with Crippen molar-refractivity contribution in [2.45, 2.75) is 11.1 Å². The van der Waals surface area contributed by atoms with Gasteiger partial charge in [0.1, 0.15) is 22.0 Å². The molecule has 0 atom stereocenters. The number of carbonyl (C=O) groups is 1. The van der Waals surface area contributed by atoms with Gasteiger partial charge in [-0.3, -0.25) is 14.9 Å². The summed E-state index contributed by atoms with van der Waals surface area (Å²) in [7, 11) is -4.20. The predicted molar refractivity (Wildman–Crippen MR) is 91.3 cm³/mol. The van der Waals surface area contributed by atoms with Gasteiger partial charge in [0, 0.05) is 18.4 Å². The Morgan fingerprint density at radius 1 is 1.25 bits per heavy atom. The Balaban J connectivity index is 2.63. The summed E-state index contributed by atoms with van der Waals surface area (Å²) >= 11 is 5.76. The Hall–Kier alpha value is -2.86. The first-order chi connectivity index (χ1) is 12.7. The summed E-state index contributed by atoms with van der Waals surface area (Å²) in [4.78, 5) is 20.8. The number of benzene rings is 2. The number of sulfone groups is 1. The summed E-state index contributed by atoms with van der Waals surface area (Å²) in [5, 5.41) is 10.8. The smallest absolute Gasteiger partial charge is 0.416 e. The molecule has 0 aliphatic carbocycles. The quantitative estimate of drug-likeness (QED) is 0.561. The number of alkyl halides is 3. The van der Waals surface area contributed by atoms with Gasteiger partial charge in [0.2, 0.25) is 0 Å². The molecule has 13 heteroatoms. The Labute approximate surface area is 160 Å². The standard InChI is InChI=1S/C15H10ClF3N2O6S/c1-28(25,26)12-6-8(5-9(14(20)22)13(12)21(23)24)27-11-3-2-7(4-10(11)16)15(17,18)19/h2-6H,1H3,(H2,20,22). The lowest BCUT2D eigenvalue weighted by atomic mass is 10.1. The average Bonchev–Trinajstić information content (AvgIpc) is 2.53. The molecule has 2 aromatic rings. The zero-order chi connectivity index (χ0) is 21.4. The number of amides is 1. The molecule has 0 bridgehead atoms. The topological polar surface area (TPSA) is 130 Å². The molecule has 8 nitrogen and oxygen atoms in total. The first kappa shape index (κ1) is 21.4. The third kappa shape index (κ3) is 4.51. The molecule has 0 fully saturated rings. The van der Waals surface area contributed by atoms with Gasteiger partial charge in [0.05, 0.1) is 15.5 Å².